The van der Waals surface area contributed by atoms with E-state index in [-0.39, 0.29) is 35.3 Å². The van der Waals surface area contributed by atoms with Crippen molar-refractivity contribution in [1.82, 2.24) is 15.1 Å². The van der Waals surface area contributed by atoms with Crippen LogP contribution in [0.1, 0.15) is 37.2 Å². The number of nitrogens with zero attached hydrogens (tertiary/aromatic N) is 2. The molecule has 1 aromatic heterocycles. The van der Waals surface area contributed by atoms with Crippen LogP contribution in [-0.2, 0) is 9.59 Å². The molecule has 1 atom stereocenters. The van der Waals surface area contributed by atoms with Crippen molar-refractivity contribution in [1.29, 1.82) is 0 Å². The van der Waals surface area contributed by atoms with Crippen LogP contribution < -0.4 is 5.32 Å². The zero-order chi connectivity index (χ0) is 18.0. The Morgan fingerprint density at radius 3 is 2.28 bits per heavy atom. The summed E-state index contributed by atoms with van der Waals surface area (Å²) in [7, 11) is 0. The van der Waals surface area contributed by atoms with Gasteiger partial charge < -0.3 is 19.5 Å². The first-order valence-corrected chi connectivity index (χ1v) is 8.89. The lowest BCUT2D eigenvalue weighted by Gasteiger charge is -2.37. The summed E-state index contributed by atoms with van der Waals surface area (Å²) in [6, 6.07) is 2.60. The minimum Gasteiger partial charge on any atom is -0.459 e. The lowest BCUT2D eigenvalue weighted by atomic mass is 10.0. The third-order valence-corrected chi connectivity index (χ3v) is 4.79. The standard InChI is InChI=1S/C18H25N3O4/c1-12(2)15(19-16(22)14-4-3-11-25-14)18(24)21-9-7-20(8-10-21)17(23)13-5-6-13/h3-4,11-13,15H,5-10H2,1-2H3,(H,19,22). The fourth-order valence-electron chi connectivity index (χ4n) is 3.07. The van der Waals surface area contributed by atoms with Crippen LogP contribution in [0.3, 0.4) is 0 Å². The number of furan rings is 1. The van der Waals surface area contributed by atoms with Crippen molar-refractivity contribution < 1.29 is 18.8 Å². The molecule has 25 heavy (non-hydrogen) atoms. The quantitative estimate of drug-likeness (QED) is 0.865. The lowest BCUT2D eigenvalue weighted by molar-refractivity contribution is -0.141. The van der Waals surface area contributed by atoms with Crippen LogP contribution in [0.5, 0.6) is 0 Å². The zero-order valence-electron chi connectivity index (χ0n) is 14.7. The fraction of sp³-hybridized carbons (Fsp3) is 0.611. The van der Waals surface area contributed by atoms with E-state index in [2.05, 4.69) is 5.32 Å². The van der Waals surface area contributed by atoms with Gasteiger partial charge in [-0.15, -0.1) is 0 Å². The van der Waals surface area contributed by atoms with E-state index >= 15 is 0 Å². The SMILES string of the molecule is CC(C)C(NC(=O)c1ccco1)C(=O)N1CCN(C(=O)C2CC2)CC1. The van der Waals surface area contributed by atoms with Crippen LogP contribution in [0, 0.1) is 11.8 Å². The topological polar surface area (TPSA) is 82.9 Å². The molecule has 2 fully saturated rings. The molecule has 1 aliphatic carbocycles. The smallest absolute Gasteiger partial charge is 0.287 e. The number of hydrogen-bond donors (Lipinski definition) is 1. The fourth-order valence-corrected chi connectivity index (χ4v) is 3.07. The van der Waals surface area contributed by atoms with Crippen molar-refractivity contribution in [2.45, 2.75) is 32.7 Å². The van der Waals surface area contributed by atoms with Crippen molar-refractivity contribution in [3.63, 3.8) is 0 Å². The van der Waals surface area contributed by atoms with Gasteiger partial charge in [-0.25, -0.2) is 0 Å². The lowest BCUT2D eigenvalue weighted by Crippen LogP contribution is -2.57. The van der Waals surface area contributed by atoms with Crippen molar-refractivity contribution >= 4 is 17.7 Å². The first-order valence-electron chi connectivity index (χ1n) is 8.89. The molecule has 1 N–H and O–H groups in total. The van der Waals surface area contributed by atoms with E-state index in [1.165, 1.54) is 6.26 Å². The Morgan fingerprint density at radius 2 is 1.76 bits per heavy atom. The molecule has 1 saturated heterocycles. The molecule has 0 spiro atoms. The molecule has 0 aromatic carbocycles. The maximum atomic E-state index is 12.8. The van der Waals surface area contributed by atoms with Crippen molar-refractivity contribution in [3.8, 4) is 0 Å². The summed E-state index contributed by atoms with van der Waals surface area (Å²) in [6.07, 6.45) is 3.41. The van der Waals surface area contributed by atoms with Gasteiger partial charge in [0.2, 0.25) is 11.8 Å². The van der Waals surface area contributed by atoms with Crippen LogP contribution in [0.25, 0.3) is 0 Å². The van der Waals surface area contributed by atoms with Gasteiger partial charge in [-0.1, -0.05) is 13.8 Å². The minimum absolute atomic E-state index is 0.0439. The highest BCUT2D eigenvalue weighted by Gasteiger charge is 2.36. The first-order chi connectivity index (χ1) is 12.0. The molecule has 2 aliphatic rings. The maximum Gasteiger partial charge on any atom is 0.287 e. The van der Waals surface area contributed by atoms with Crippen LogP contribution >= 0.6 is 0 Å². The Labute approximate surface area is 147 Å². The van der Waals surface area contributed by atoms with Crippen molar-refractivity contribution in [2.24, 2.45) is 11.8 Å². The van der Waals surface area contributed by atoms with Gasteiger partial charge in [0.1, 0.15) is 6.04 Å². The van der Waals surface area contributed by atoms with E-state index in [4.69, 9.17) is 4.42 Å². The zero-order valence-corrected chi connectivity index (χ0v) is 14.7. The number of carbonyl (C=O) groups excluding carboxylic acids is 3. The number of nitrogens with one attached hydrogen (secondary N) is 1. The van der Waals surface area contributed by atoms with Gasteiger partial charge in [0.15, 0.2) is 5.76 Å². The van der Waals surface area contributed by atoms with Crippen molar-refractivity contribution in [2.75, 3.05) is 26.2 Å². The summed E-state index contributed by atoms with van der Waals surface area (Å²) in [5.41, 5.74) is 0. The third-order valence-electron chi connectivity index (χ3n) is 4.79. The summed E-state index contributed by atoms with van der Waals surface area (Å²) in [6.45, 7) is 5.96. The highest BCUT2D eigenvalue weighted by molar-refractivity contribution is 5.95. The second-order valence-electron chi connectivity index (χ2n) is 7.10. The number of carbonyl (C=O) groups is 3. The number of rotatable bonds is 5. The van der Waals surface area contributed by atoms with E-state index < -0.39 is 6.04 Å². The molecular weight excluding hydrogens is 322 g/mol. The molecule has 3 rings (SSSR count). The highest BCUT2D eigenvalue weighted by Crippen LogP contribution is 2.31. The molecular formula is C18H25N3O4. The van der Waals surface area contributed by atoms with E-state index in [9.17, 15) is 14.4 Å². The molecule has 1 saturated carbocycles. The summed E-state index contributed by atoms with van der Waals surface area (Å²) in [5, 5.41) is 2.77. The Morgan fingerprint density at radius 1 is 1.12 bits per heavy atom. The molecule has 1 aliphatic heterocycles. The van der Waals surface area contributed by atoms with E-state index in [1.54, 1.807) is 17.0 Å². The van der Waals surface area contributed by atoms with Gasteiger partial charge in [0, 0.05) is 32.1 Å². The van der Waals surface area contributed by atoms with Crippen LogP contribution in [-0.4, -0.2) is 59.7 Å². The van der Waals surface area contributed by atoms with Gasteiger partial charge in [-0.05, 0) is 30.9 Å². The first kappa shape index (κ1) is 17.5. The van der Waals surface area contributed by atoms with Crippen LogP contribution in [0.4, 0.5) is 0 Å². The second kappa shape index (κ2) is 7.29. The highest BCUT2D eigenvalue weighted by atomic mass is 16.3. The third kappa shape index (κ3) is 4.03. The van der Waals surface area contributed by atoms with E-state index in [0.29, 0.717) is 26.2 Å². The Hall–Kier alpha value is -2.31. The molecule has 136 valence electrons. The summed E-state index contributed by atoms with van der Waals surface area (Å²) in [5.74, 6) is 0.0840. The van der Waals surface area contributed by atoms with Gasteiger partial charge in [0.05, 0.1) is 6.26 Å². The summed E-state index contributed by atoms with van der Waals surface area (Å²) >= 11 is 0. The molecule has 0 radical (unpaired) electrons. The normalized spacial score (nSPS) is 19.0. The maximum absolute atomic E-state index is 12.8. The molecule has 3 amide bonds. The van der Waals surface area contributed by atoms with E-state index in [0.717, 1.165) is 12.8 Å². The molecule has 7 nitrogen and oxygen atoms in total. The van der Waals surface area contributed by atoms with Gasteiger partial charge in [-0.3, -0.25) is 14.4 Å². The van der Waals surface area contributed by atoms with Gasteiger partial charge >= 0.3 is 0 Å². The minimum atomic E-state index is -0.608. The number of piperazine rings is 1. The predicted octanol–water partition coefficient (Wildman–Crippen LogP) is 1.11. The molecule has 1 unspecified atom stereocenters. The molecule has 7 heteroatoms. The number of amides is 3. The van der Waals surface area contributed by atoms with E-state index in [1.807, 2.05) is 18.7 Å². The molecule has 0 bridgehead atoms. The Balaban J connectivity index is 1.57. The average Bonchev–Trinajstić information content (AvgIpc) is 3.32. The monoisotopic (exact) mass is 347 g/mol. The largest absolute Gasteiger partial charge is 0.459 e. The van der Waals surface area contributed by atoms with Crippen LogP contribution in [0.2, 0.25) is 0 Å². The Kier molecular flexibility index (Phi) is 5.11. The van der Waals surface area contributed by atoms with Crippen molar-refractivity contribution in [3.05, 3.63) is 24.2 Å². The van der Waals surface area contributed by atoms with Crippen LogP contribution in [0.15, 0.2) is 22.8 Å². The second-order valence-corrected chi connectivity index (χ2v) is 7.10. The number of hydrogen-bond acceptors (Lipinski definition) is 4. The Bertz CT molecular complexity index is 629. The predicted molar refractivity (Wildman–Crippen MR) is 90.7 cm³/mol. The summed E-state index contributed by atoms with van der Waals surface area (Å²) < 4.78 is 5.09. The molecule has 1 aromatic rings. The average molecular weight is 347 g/mol. The molecule has 2 heterocycles. The van der Waals surface area contributed by atoms with Gasteiger partial charge in [-0.2, -0.15) is 0 Å². The van der Waals surface area contributed by atoms with Gasteiger partial charge in [0.25, 0.3) is 5.91 Å². The summed E-state index contributed by atoms with van der Waals surface area (Å²) in [4.78, 5) is 40.8.